The number of furan rings is 1. The van der Waals surface area contributed by atoms with Crippen molar-refractivity contribution in [1.29, 1.82) is 0 Å². The van der Waals surface area contributed by atoms with E-state index < -0.39 is 0 Å². The van der Waals surface area contributed by atoms with E-state index in [4.69, 9.17) is 16.6 Å². The molecule has 0 unspecified atom stereocenters. The van der Waals surface area contributed by atoms with E-state index in [1.54, 1.807) is 6.07 Å². The molecule has 0 saturated heterocycles. The molecule has 0 spiro atoms. The highest BCUT2D eigenvalue weighted by Crippen LogP contribution is 2.18. The first-order valence-electron chi connectivity index (χ1n) is 7.20. The van der Waals surface area contributed by atoms with Crippen LogP contribution in [0.2, 0.25) is 0 Å². The van der Waals surface area contributed by atoms with E-state index in [0.717, 1.165) is 22.2 Å². The number of fused-ring (bicyclic) bond motifs is 1. The van der Waals surface area contributed by atoms with Crippen molar-refractivity contribution in [3.63, 3.8) is 0 Å². The molecule has 1 amide bonds. The summed E-state index contributed by atoms with van der Waals surface area (Å²) in [5.41, 5.74) is 3.76. The van der Waals surface area contributed by atoms with Crippen LogP contribution < -0.4 is 10.6 Å². The fraction of sp³-hybridized carbons (Fsp3) is 0.111. The van der Waals surface area contributed by atoms with Crippen LogP contribution in [0.3, 0.4) is 0 Å². The number of carbonyl (C=O) groups excluding carboxylic acids is 1. The third-order valence-corrected chi connectivity index (χ3v) is 3.56. The van der Waals surface area contributed by atoms with Crippen molar-refractivity contribution >= 4 is 39.9 Å². The summed E-state index contributed by atoms with van der Waals surface area (Å²) in [5, 5.41) is 6.76. The lowest BCUT2D eigenvalue weighted by Crippen LogP contribution is -2.33. The Hall–Kier alpha value is -2.66. The van der Waals surface area contributed by atoms with Gasteiger partial charge in [0, 0.05) is 11.1 Å². The topological polar surface area (TPSA) is 54.3 Å². The Labute approximate surface area is 139 Å². The molecule has 0 aliphatic rings. The Morgan fingerprint density at radius 1 is 1.04 bits per heavy atom. The molecule has 0 atom stereocenters. The van der Waals surface area contributed by atoms with Gasteiger partial charge in [-0.05, 0) is 61.5 Å². The molecular weight excluding hydrogens is 308 g/mol. The summed E-state index contributed by atoms with van der Waals surface area (Å²) >= 11 is 5.19. The zero-order valence-electron chi connectivity index (χ0n) is 12.8. The summed E-state index contributed by atoms with van der Waals surface area (Å²) < 4.78 is 5.52. The number of benzene rings is 2. The number of hydrogen-bond acceptors (Lipinski definition) is 3. The van der Waals surface area contributed by atoms with Crippen LogP contribution in [-0.4, -0.2) is 11.0 Å². The number of amides is 1. The lowest BCUT2D eigenvalue weighted by Gasteiger charge is -2.10. The molecule has 23 heavy (non-hydrogen) atoms. The maximum atomic E-state index is 12.2. The molecule has 4 nitrogen and oxygen atoms in total. The van der Waals surface area contributed by atoms with Gasteiger partial charge < -0.3 is 9.73 Å². The van der Waals surface area contributed by atoms with E-state index in [1.807, 2.05) is 50.2 Å². The number of nitrogens with one attached hydrogen (secondary N) is 2. The highest BCUT2D eigenvalue weighted by Gasteiger charge is 2.13. The third-order valence-electron chi connectivity index (χ3n) is 3.36. The highest BCUT2D eigenvalue weighted by atomic mass is 32.1. The van der Waals surface area contributed by atoms with Crippen molar-refractivity contribution in [2.24, 2.45) is 0 Å². The Balaban J connectivity index is 1.70. The molecule has 1 aromatic heterocycles. The molecule has 0 aliphatic carbocycles. The molecule has 3 aromatic rings. The molecule has 0 bridgehead atoms. The molecule has 1 heterocycles. The lowest BCUT2D eigenvalue weighted by molar-refractivity contribution is 0.0953. The van der Waals surface area contributed by atoms with Crippen LogP contribution >= 0.6 is 12.2 Å². The maximum Gasteiger partial charge on any atom is 0.293 e. The first-order valence-corrected chi connectivity index (χ1v) is 7.61. The van der Waals surface area contributed by atoms with Gasteiger partial charge in [-0.3, -0.25) is 10.1 Å². The van der Waals surface area contributed by atoms with Crippen LogP contribution in [0, 0.1) is 13.8 Å². The Bertz CT molecular complexity index is 846. The van der Waals surface area contributed by atoms with Gasteiger partial charge in [0.15, 0.2) is 10.9 Å². The zero-order valence-corrected chi connectivity index (χ0v) is 13.7. The molecular formula is C18H16N2O2S. The molecule has 116 valence electrons. The fourth-order valence-electron chi connectivity index (χ4n) is 2.47. The van der Waals surface area contributed by atoms with Crippen molar-refractivity contribution in [3.05, 3.63) is 65.4 Å². The number of thiocarbonyl (C=S) groups is 1. The van der Waals surface area contributed by atoms with Gasteiger partial charge in [0.25, 0.3) is 5.91 Å². The van der Waals surface area contributed by atoms with E-state index in [1.165, 1.54) is 0 Å². The van der Waals surface area contributed by atoms with E-state index in [2.05, 4.69) is 16.7 Å². The molecule has 5 heteroatoms. The second-order valence-electron chi connectivity index (χ2n) is 5.43. The summed E-state index contributed by atoms with van der Waals surface area (Å²) in [7, 11) is 0. The average molecular weight is 324 g/mol. The van der Waals surface area contributed by atoms with E-state index in [-0.39, 0.29) is 16.8 Å². The first kappa shape index (κ1) is 15.2. The SMILES string of the molecule is Cc1cc(C)cc(NC(=S)NC(=O)c2cc3ccccc3o2)c1. The van der Waals surface area contributed by atoms with Crippen LogP contribution in [0.25, 0.3) is 11.0 Å². The van der Waals surface area contributed by atoms with E-state index in [0.29, 0.717) is 5.58 Å². The summed E-state index contributed by atoms with van der Waals surface area (Å²) in [6.45, 7) is 4.02. The van der Waals surface area contributed by atoms with Crippen molar-refractivity contribution in [3.8, 4) is 0 Å². The summed E-state index contributed by atoms with van der Waals surface area (Å²) in [5.74, 6) is -0.140. The Kier molecular flexibility index (Phi) is 4.12. The normalized spacial score (nSPS) is 10.5. The summed E-state index contributed by atoms with van der Waals surface area (Å²) in [4.78, 5) is 12.2. The van der Waals surface area contributed by atoms with Crippen LogP contribution in [0.15, 0.2) is 52.9 Å². The molecule has 0 radical (unpaired) electrons. The summed E-state index contributed by atoms with van der Waals surface area (Å²) in [6, 6.07) is 15.2. The zero-order chi connectivity index (χ0) is 16.4. The average Bonchev–Trinajstić information content (AvgIpc) is 2.89. The largest absolute Gasteiger partial charge is 0.451 e. The van der Waals surface area contributed by atoms with Crippen molar-refractivity contribution in [1.82, 2.24) is 5.32 Å². The van der Waals surface area contributed by atoms with Gasteiger partial charge in [0.05, 0.1) is 0 Å². The fourth-order valence-corrected chi connectivity index (χ4v) is 2.68. The van der Waals surface area contributed by atoms with Crippen molar-refractivity contribution in [2.75, 3.05) is 5.32 Å². The molecule has 2 aromatic carbocycles. The van der Waals surface area contributed by atoms with Gasteiger partial charge in [-0.15, -0.1) is 0 Å². The van der Waals surface area contributed by atoms with Crippen LogP contribution in [0.5, 0.6) is 0 Å². The maximum absolute atomic E-state index is 12.2. The number of para-hydroxylation sites is 1. The Morgan fingerprint density at radius 2 is 1.74 bits per heavy atom. The monoisotopic (exact) mass is 324 g/mol. The van der Waals surface area contributed by atoms with Crippen molar-refractivity contribution in [2.45, 2.75) is 13.8 Å². The second kappa shape index (κ2) is 6.22. The van der Waals surface area contributed by atoms with Gasteiger partial charge in [0.2, 0.25) is 0 Å². The van der Waals surface area contributed by atoms with Gasteiger partial charge in [-0.1, -0.05) is 24.3 Å². The predicted octanol–water partition coefficient (Wildman–Crippen LogP) is 4.18. The number of carbonyl (C=O) groups is 1. The second-order valence-corrected chi connectivity index (χ2v) is 5.84. The number of hydrogen-bond donors (Lipinski definition) is 2. The standard InChI is InChI=1S/C18H16N2O2S/c1-11-7-12(2)9-14(8-11)19-18(23)20-17(21)16-10-13-5-3-4-6-15(13)22-16/h3-10H,1-2H3,(H2,19,20,21,23). The van der Waals surface area contributed by atoms with Crippen LogP contribution in [0.4, 0.5) is 5.69 Å². The van der Waals surface area contributed by atoms with Crippen LogP contribution in [0.1, 0.15) is 21.7 Å². The quantitative estimate of drug-likeness (QED) is 0.695. The number of aryl methyl sites for hydroxylation is 2. The van der Waals surface area contributed by atoms with Gasteiger partial charge in [-0.2, -0.15) is 0 Å². The van der Waals surface area contributed by atoms with Crippen molar-refractivity contribution < 1.29 is 9.21 Å². The van der Waals surface area contributed by atoms with E-state index >= 15 is 0 Å². The minimum absolute atomic E-state index is 0.232. The number of anilines is 1. The van der Waals surface area contributed by atoms with E-state index in [9.17, 15) is 4.79 Å². The lowest BCUT2D eigenvalue weighted by atomic mass is 10.1. The van der Waals surface area contributed by atoms with Gasteiger partial charge >= 0.3 is 0 Å². The predicted molar refractivity (Wildman–Crippen MR) is 95.8 cm³/mol. The minimum Gasteiger partial charge on any atom is -0.451 e. The molecule has 0 saturated carbocycles. The molecule has 2 N–H and O–H groups in total. The smallest absolute Gasteiger partial charge is 0.293 e. The first-order chi connectivity index (χ1) is 11.0. The minimum atomic E-state index is -0.372. The van der Waals surface area contributed by atoms with Gasteiger partial charge in [-0.25, -0.2) is 0 Å². The Morgan fingerprint density at radius 3 is 2.43 bits per heavy atom. The summed E-state index contributed by atoms with van der Waals surface area (Å²) in [6.07, 6.45) is 0. The molecule has 3 rings (SSSR count). The molecule has 0 aliphatic heterocycles. The number of rotatable bonds is 2. The highest BCUT2D eigenvalue weighted by molar-refractivity contribution is 7.80. The third kappa shape index (κ3) is 3.57. The van der Waals surface area contributed by atoms with Gasteiger partial charge in [0.1, 0.15) is 5.58 Å². The van der Waals surface area contributed by atoms with Crippen LogP contribution in [-0.2, 0) is 0 Å². The molecule has 0 fully saturated rings.